The van der Waals surface area contributed by atoms with Crippen molar-refractivity contribution in [1.29, 1.82) is 0 Å². The van der Waals surface area contributed by atoms with Gasteiger partial charge in [0, 0.05) is 35.4 Å². The third-order valence-corrected chi connectivity index (χ3v) is 4.61. The van der Waals surface area contributed by atoms with E-state index in [1.165, 1.54) is 16.2 Å². The standard InChI is InChI=1S/C19H24BrN3O/c1-22(2)17-11-7-14(8-12-17)18(23(3)4)13-21-19(24)15-5-9-16(20)10-6-15/h5-12,18H,13H2,1-4H3,(H,21,24)/p+1/t18-/m0/s1. The van der Waals surface area contributed by atoms with Crippen molar-refractivity contribution in [3.63, 3.8) is 0 Å². The zero-order valence-electron chi connectivity index (χ0n) is 14.6. The Hall–Kier alpha value is -1.85. The molecule has 0 aliphatic carbocycles. The lowest BCUT2D eigenvalue weighted by Gasteiger charge is -2.23. The van der Waals surface area contributed by atoms with Crippen LogP contribution in [0.1, 0.15) is 22.0 Å². The Morgan fingerprint density at radius 2 is 1.67 bits per heavy atom. The first kappa shape index (κ1) is 18.5. The van der Waals surface area contributed by atoms with Crippen molar-refractivity contribution < 1.29 is 9.69 Å². The third kappa shape index (κ3) is 4.82. The highest BCUT2D eigenvalue weighted by Gasteiger charge is 2.19. The van der Waals surface area contributed by atoms with Gasteiger partial charge in [-0.25, -0.2) is 0 Å². The van der Waals surface area contributed by atoms with Crippen LogP contribution < -0.4 is 15.1 Å². The minimum Gasteiger partial charge on any atom is -0.378 e. The van der Waals surface area contributed by atoms with Crippen molar-refractivity contribution in [2.75, 3.05) is 39.6 Å². The minimum atomic E-state index is -0.0429. The summed E-state index contributed by atoms with van der Waals surface area (Å²) in [6.45, 7) is 0.596. The number of amides is 1. The predicted octanol–water partition coefficient (Wildman–Crippen LogP) is 2.13. The number of nitrogens with zero attached hydrogens (tertiary/aromatic N) is 1. The highest BCUT2D eigenvalue weighted by atomic mass is 79.9. The van der Waals surface area contributed by atoms with E-state index in [-0.39, 0.29) is 11.9 Å². The summed E-state index contributed by atoms with van der Waals surface area (Å²) >= 11 is 3.38. The van der Waals surface area contributed by atoms with Crippen molar-refractivity contribution >= 4 is 27.5 Å². The quantitative estimate of drug-likeness (QED) is 0.792. The van der Waals surface area contributed by atoms with Gasteiger partial charge in [-0.3, -0.25) is 4.79 Å². The smallest absolute Gasteiger partial charge is 0.251 e. The molecule has 0 saturated heterocycles. The second-order valence-corrected chi connectivity index (χ2v) is 7.25. The molecule has 2 N–H and O–H groups in total. The Labute approximate surface area is 152 Å². The lowest BCUT2D eigenvalue weighted by Crippen LogP contribution is -3.07. The lowest BCUT2D eigenvalue weighted by atomic mass is 10.0. The first-order valence-corrected chi connectivity index (χ1v) is 8.79. The summed E-state index contributed by atoms with van der Waals surface area (Å²) in [7, 11) is 8.27. The van der Waals surface area contributed by atoms with E-state index in [1.54, 1.807) is 0 Å². The van der Waals surface area contributed by atoms with Crippen molar-refractivity contribution in [1.82, 2.24) is 5.32 Å². The number of hydrogen-bond donors (Lipinski definition) is 2. The fraction of sp³-hybridized carbons (Fsp3) is 0.316. The minimum absolute atomic E-state index is 0.0429. The number of rotatable bonds is 6. The molecule has 4 nitrogen and oxygen atoms in total. The van der Waals surface area contributed by atoms with E-state index < -0.39 is 0 Å². The fourth-order valence-electron chi connectivity index (χ4n) is 2.56. The van der Waals surface area contributed by atoms with E-state index in [4.69, 9.17) is 0 Å². The average molecular weight is 391 g/mol. The molecule has 0 aliphatic heterocycles. The van der Waals surface area contributed by atoms with Crippen molar-refractivity contribution in [2.45, 2.75) is 6.04 Å². The number of carbonyl (C=O) groups excluding carboxylic acids is 1. The number of quaternary nitrogens is 1. The van der Waals surface area contributed by atoms with E-state index in [1.807, 2.05) is 38.4 Å². The lowest BCUT2D eigenvalue weighted by molar-refractivity contribution is -0.890. The molecule has 5 heteroatoms. The molecule has 0 aromatic heterocycles. The molecule has 0 bridgehead atoms. The Balaban J connectivity index is 2.05. The van der Waals surface area contributed by atoms with Gasteiger partial charge < -0.3 is 15.1 Å². The van der Waals surface area contributed by atoms with Gasteiger partial charge in [0.2, 0.25) is 0 Å². The Morgan fingerprint density at radius 1 is 1.08 bits per heavy atom. The number of anilines is 1. The van der Waals surface area contributed by atoms with Gasteiger partial charge in [0.25, 0.3) is 5.91 Å². The van der Waals surface area contributed by atoms with Gasteiger partial charge in [-0.2, -0.15) is 0 Å². The van der Waals surface area contributed by atoms with Crippen LogP contribution in [0.3, 0.4) is 0 Å². The monoisotopic (exact) mass is 390 g/mol. The second kappa shape index (κ2) is 8.31. The zero-order chi connectivity index (χ0) is 17.7. The predicted molar refractivity (Wildman–Crippen MR) is 103 cm³/mol. The van der Waals surface area contributed by atoms with Crippen LogP contribution in [0.2, 0.25) is 0 Å². The summed E-state index contributed by atoms with van der Waals surface area (Å²) in [5, 5.41) is 3.05. The number of benzene rings is 2. The van der Waals surface area contributed by atoms with Crippen LogP contribution in [0.4, 0.5) is 5.69 Å². The van der Waals surface area contributed by atoms with Gasteiger partial charge in [0.05, 0.1) is 20.6 Å². The topological polar surface area (TPSA) is 36.8 Å². The SMILES string of the molecule is CN(C)c1ccc([C@H](CNC(=O)c2ccc(Br)cc2)[NH+](C)C)cc1. The molecule has 0 unspecified atom stereocenters. The average Bonchev–Trinajstić information content (AvgIpc) is 2.55. The molecule has 0 fully saturated rings. The number of nitrogens with one attached hydrogen (secondary N) is 2. The molecule has 128 valence electrons. The van der Waals surface area contributed by atoms with Crippen LogP contribution in [-0.4, -0.2) is 40.6 Å². The van der Waals surface area contributed by atoms with Crippen LogP contribution in [0.15, 0.2) is 53.0 Å². The molecule has 0 heterocycles. The molecule has 0 radical (unpaired) electrons. The summed E-state index contributed by atoms with van der Waals surface area (Å²) < 4.78 is 0.968. The molecule has 24 heavy (non-hydrogen) atoms. The molecule has 2 aromatic carbocycles. The van der Waals surface area contributed by atoms with Gasteiger partial charge in [-0.1, -0.05) is 28.1 Å². The molecule has 0 spiro atoms. The molecular formula is C19H25BrN3O+. The number of carbonyl (C=O) groups is 1. The largest absolute Gasteiger partial charge is 0.378 e. The van der Waals surface area contributed by atoms with Crippen molar-refractivity contribution in [3.8, 4) is 0 Å². The maximum atomic E-state index is 12.3. The summed E-state index contributed by atoms with van der Waals surface area (Å²) in [6.07, 6.45) is 0. The molecule has 0 saturated carbocycles. The summed E-state index contributed by atoms with van der Waals surface area (Å²) in [6, 6.07) is 16.1. The maximum Gasteiger partial charge on any atom is 0.251 e. The first-order valence-electron chi connectivity index (χ1n) is 7.99. The van der Waals surface area contributed by atoms with Crippen LogP contribution in [0.5, 0.6) is 0 Å². The van der Waals surface area contributed by atoms with Gasteiger partial charge >= 0.3 is 0 Å². The van der Waals surface area contributed by atoms with Gasteiger partial charge in [0.15, 0.2) is 0 Å². The summed E-state index contributed by atoms with van der Waals surface area (Å²) in [4.78, 5) is 15.7. The Kier molecular flexibility index (Phi) is 6.40. The summed E-state index contributed by atoms with van der Waals surface area (Å²) in [5.74, 6) is -0.0429. The van der Waals surface area contributed by atoms with Crippen LogP contribution in [0, 0.1) is 0 Å². The van der Waals surface area contributed by atoms with Crippen molar-refractivity contribution in [3.05, 3.63) is 64.1 Å². The Bertz CT molecular complexity index is 666. The van der Waals surface area contributed by atoms with Crippen LogP contribution in [-0.2, 0) is 0 Å². The van der Waals surface area contributed by atoms with Gasteiger partial charge in [-0.15, -0.1) is 0 Å². The van der Waals surface area contributed by atoms with Crippen LogP contribution >= 0.6 is 15.9 Å². The Morgan fingerprint density at radius 3 is 2.17 bits per heavy atom. The third-order valence-electron chi connectivity index (χ3n) is 4.08. The fourth-order valence-corrected chi connectivity index (χ4v) is 2.82. The molecule has 2 rings (SSSR count). The van der Waals surface area contributed by atoms with Gasteiger partial charge in [-0.05, 0) is 36.4 Å². The zero-order valence-corrected chi connectivity index (χ0v) is 16.2. The van der Waals surface area contributed by atoms with E-state index in [9.17, 15) is 4.79 Å². The maximum absolute atomic E-state index is 12.3. The normalized spacial score (nSPS) is 12.1. The number of hydrogen-bond acceptors (Lipinski definition) is 2. The van der Waals surface area contributed by atoms with Gasteiger partial charge in [0.1, 0.15) is 6.04 Å². The summed E-state index contributed by atoms with van der Waals surface area (Å²) in [5.41, 5.74) is 3.07. The second-order valence-electron chi connectivity index (χ2n) is 6.33. The highest BCUT2D eigenvalue weighted by Crippen LogP contribution is 2.16. The first-order chi connectivity index (χ1) is 11.4. The van der Waals surface area contributed by atoms with E-state index in [0.29, 0.717) is 12.1 Å². The van der Waals surface area contributed by atoms with Crippen molar-refractivity contribution in [2.24, 2.45) is 0 Å². The molecule has 1 amide bonds. The number of likely N-dealkylation sites (N-methyl/N-ethyl adjacent to an activating group) is 1. The molecular weight excluding hydrogens is 366 g/mol. The van der Waals surface area contributed by atoms with E-state index in [0.717, 1.165) is 4.47 Å². The molecule has 0 aliphatic rings. The van der Waals surface area contributed by atoms with E-state index >= 15 is 0 Å². The highest BCUT2D eigenvalue weighted by molar-refractivity contribution is 9.10. The molecule has 1 atom stereocenters. The molecule has 2 aromatic rings. The van der Waals surface area contributed by atoms with Crippen LogP contribution in [0.25, 0.3) is 0 Å². The van der Waals surface area contributed by atoms with E-state index in [2.05, 4.69) is 64.5 Å². The number of halogens is 1.